The molecule has 0 amide bonds. The predicted molar refractivity (Wildman–Crippen MR) is 46.6 cm³/mol. The van der Waals surface area contributed by atoms with E-state index in [1.54, 1.807) is 0 Å². The van der Waals surface area contributed by atoms with Crippen molar-refractivity contribution < 1.29 is 14.8 Å². The van der Waals surface area contributed by atoms with Crippen LogP contribution < -0.4 is 0 Å². The molecule has 1 heterocycles. The number of ether oxygens (including phenoxy) is 1. The normalized spacial score (nSPS) is 15.1. The van der Waals surface area contributed by atoms with Gasteiger partial charge in [-0.15, -0.1) is 0 Å². The van der Waals surface area contributed by atoms with Crippen molar-refractivity contribution in [1.82, 2.24) is 9.55 Å². The minimum atomic E-state index is -1.15. The van der Waals surface area contributed by atoms with Crippen LogP contribution >= 0.6 is 0 Å². The Morgan fingerprint density at radius 1 is 1.86 bits per heavy atom. The number of hydrogen-bond donors (Lipinski definition) is 1. The molecule has 0 bridgehead atoms. The molecular formula is C7H11N3O4. The molecule has 0 spiro atoms. The molecule has 14 heavy (non-hydrogen) atoms. The SMILES string of the molecule is COC(C)(CO)n1ccnc1[N+](=O)[O-]. The fourth-order valence-corrected chi connectivity index (χ4v) is 1.04. The molecule has 1 aromatic heterocycles. The van der Waals surface area contributed by atoms with E-state index in [2.05, 4.69) is 4.98 Å². The molecule has 78 valence electrons. The minimum absolute atomic E-state index is 0.358. The summed E-state index contributed by atoms with van der Waals surface area (Å²) in [4.78, 5) is 13.5. The van der Waals surface area contributed by atoms with Crippen LogP contribution in [0.3, 0.4) is 0 Å². The molecular weight excluding hydrogens is 190 g/mol. The first-order valence-corrected chi connectivity index (χ1v) is 3.89. The second kappa shape index (κ2) is 3.72. The van der Waals surface area contributed by atoms with Crippen LogP contribution in [0.5, 0.6) is 0 Å². The molecule has 0 aromatic carbocycles. The van der Waals surface area contributed by atoms with Gasteiger partial charge in [-0.2, -0.15) is 4.57 Å². The standard InChI is InChI=1S/C7H11N3O4/c1-7(5-11,14-2)9-4-3-8-6(9)10(12)13/h3-4,11H,5H2,1-2H3. The molecule has 1 aromatic rings. The first-order valence-electron chi connectivity index (χ1n) is 3.89. The van der Waals surface area contributed by atoms with Crippen molar-refractivity contribution in [3.05, 3.63) is 22.5 Å². The summed E-state index contributed by atoms with van der Waals surface area (Å²) in [7, 11) is 1.36. The molecule has 0 saturated carbocycles. The molecule has 0 aliphatic rings. The second-order valence-electron chi connectivity index (χ2n) is 2.89. The van der Waals surface area contributed by atoms with E-state index in [0.29, 0.717) is 0 Å². The topological polar surface area (TPSA) is 90.4 Å². The van der Waals surface area contributed by atoms with Crippen LogP contribution in [-0.4, -0.2) is 33.3 Å². The molecule has 7 nitrogen and oxygen atoms in total. The van der Waals surface area contributed by atoms with E-state index in [1.807, 2.05) is 0 Å². The van der Waals surface area contributed by atoms with Gasteiger partial charge < -0.3 is 20.0 Å². The summed E-state index contributed by atoms with van der Waals surface area (Å²) in [6.07, 6.45) is 2.67. The molecule has 0 radical (unpaired) electrons. The van der Waals surface area contributed by atoms with Crippen molar-refractivity contribution in [2.24, 2.45) is 0 Å². The Kier molecular flexibility index (Phi) is 2.82. The fourth-order valence-electron chi connectivity index (χ4n) is 1.04. The highest BCUT2D eigenvalue weighted by atomic mass is 16.6. The van der Waals surface area contributed by atoms with E-state index >= 15 is 0 Å². The third-order valence-electron chi connectivity index (χ3n) is 2.03. The van der Waals surface area contributed by atoms with Gasteiger partial charge in [0.2, 0.25) is 5.72 Å². The highest BCUT2D eigenvalue weighted by Crippen LogP contribution is 2.21. The van der Waals surface area contributed by atoms with Gasteiger partial charge in [-0.25, -0.2) is 0 Å². The lowest BCUT2D eigenvalue weighted by Gasteiger charge is -2.23. The number of aliphatic hydroxyl groups excluding tert-OH is 1. The van der Waals surface area contributed by atoms with E-state index in [4.69, 9.17) is 9.84 Å². The van der Waals surface area contributed by atoms with Crippen LogP contribution in [-0.2, 0) is 10.5 Å². The maximum absolute atomic E-state index is 10.5. The van der Waals surface area contributed by atoms with E-state index in [0.717, 1.165) is 0 Å². The lowest BCUT2D eigenvalue weighted by Crippen LogP contribution is -2.36. The lowest BCUT2D eigenvalue weighted by atomic mass is 10.3. The summed E-state index contributed by atoms with van der Waals surface area (Å²) >= 11 is 0. The summed E-state index contributed by atoms with van der Waals surface area (Å²) in [6, 6.07) is 0. The Balaban J connectivity index is 3.17. The zero-order valence-corrected chi connectivity index (χ0v) is 7.88. The zero-order chi connectivity index (χ0) is 10.8. The average Bonchev–Trinajstić information content (AvgIpc) is 2.65. The smallest absolute Gasteiger partial charge is 0.390 e. The van der Waals surface area contributed by atoms with Crippen molar-refractivity contribution in [2.45, 2.75) is 12.6 Å². The largest absolute Gasteiger partial charge is 0.437 e. The van der Waals surface area contributed by atoms with Crippen LogP contribution in [0.25, 0.3) is 0 Å². The number of hydrogen-bond acceptors (Lipinski definition) is 5. The first kappa shape index (κ1) is 10.6. The molecule has 0 aliphatic heterocycles. The van der Waals surface area contributed by atoms with E-state index < -0.39 is 10.6 Å². The van der Waals surface area contributed by atoms with Gasteiger partial charge in [0.1, 0.15) is 19.0 Å². The van der Waals surface area contributed by atoms with Gasteiger partial charge in [0.25, 0.3) is 0 Å². The highest BCUT2D eigenvalue weighted by molar-refractivity contribution is 5.09. The monoisotopic (exact) mass is 201 g/mol. The quantitative estimate of drug-likeness (QED) is 0.551. The predicted octanol–water partition coefficient (Wildman–Crippen LogP) is 0.103. The summed E-state index contributed by atoms with van der Waals surface area (Å²) in [5, 5.41) is 19.6. The Morgan fingerprint density at radius 2 is 2.50 bits per heavy atom. The lowest BCUT2D eigenvalue weighted by molar-refractivity contribution is -0.400. The number of aliphatic hydroxyl groups is 1. The highest BCUT2D eigenvalue weighted by Gasteiger charge is 2.34. The summed E-state index contributed by atoms with van der Waals surface area (Å²) in [5.41, 5.74) is -1.15. The van der Waals surface area contributed by atoms with Gasteiger partial charge in [0.05, 0.1) is 0 Å². The number of imidazole rings is 1. The second-order valence-corrected chi connectivity index (χ2v) is 2.89. The van der Waals surface area contributed by atoms with Crippen LogP contribution in [0.4, 0.5) is 5.95 Å². The molecule has 1 N–H and O–H groups in total. The van der Waals surface area contributed by atoms with Crippen LogP contribution in [0.15, 0.2) is 12.4 Å². The fraction of sp³-hybridized carbons (Fsp3) is 0.571. The van der Waals surface area contributed by atoms with Crippen molar-refractivity contribution in [3.8, 4) is 0 Å². The number of nitro groups is 1. The summed E-state index contributed by atoms with van der Waals surface area (Å²) < 4.78 is 6.16. The number of rotatable bonds is 4. The van der Waals surface area contributed by atoms with Crippen molar-refractivity contribution in [1.29, 1.82) is 0 Å². The van der Waals surface area contributed by atoms with Crippen molar-refractivity contribution in [2.75, 3.05) is 13.7 Å². The van der Waals surface area contributed by atoms with Gasteiger partial charge in [-0.1, -0.05) is 4.98 Å². The maximum Gasteiger partial charge on any atom is 0.437 e. The molecule has 0 fully saturated rings. The number of aromatic nitrogens is 2. The number of methoxy groups -OCH3 is 1. The summed E-state index contributed by atoms with van der Waals surface area (Å²) in [6.45, 7) is 1.16. The molecule has 1 rings (SSSR count). The Hall–Kier alpha value is -1.47. The van der Waals surface area contributed by atoms with Crippen molar-refractivity contribution >= 4 is 5.95 Å². The third-order valence-corrected chi connectivity index (χ3v) is 2.03. The Morgan fingerprint density at radius 3 is 2.93 bits per heavy atom. The van der Waals surface area contributed by atoms with Gasteiger partial charge in [0.15, 0.2) is 0 Å². The zero-order valence-electron chi connectivity index (χ0n) is 7.88. The summed E-state index contributed by atoms with van der Waals surface area (Å²) in [5.74, 6) is -0.358. The molecule has 1 unspecified atom stereocenters. The number of nitrogens with zero attached hydrogens (tertiary/aromatic N) is 3. The first-order chi connectivity index (χ1) is 6.55. The molecule has 7 heteroatoms. The van der Waals surface area contributed by atoms with Gasteiger partial charge in [-0.05, 0) is 4.92 Å². The van der Waals surface area contributed by atoms with E-state index in [9.17, 15) is 10.1 Å². The van der Waals surface area contributed by atoms with E-state index in [1.165, 1.54) is 31.0 Å². The Labute approximate surface area is 80.1 Å². The van der Waals surface area contributed by atoms with Crippen molar-refractivity contribution in [3.63, 3.8) is 0 Å². The van der Waals surface area contributed by atoms with E-state index in [-0.39, 0.29) is 12.6 Å². The maximum atomic E-state index is 10.5. The Bertz CT molecular complexity index is 331. The van der Waals surface area contributed by atoms with Crippen LogP contribution in [0.1, 0.15) is 6.92 Å². The van der Waals surface area contributed by atoms with Gasteiger partial charge in [0, 0.05) is 14.0 Å². The molecule has 0 saturated heterocycles. The van der Waals surface area contributed by atoms with Crippen LogP contribution in [0, 0.1) is 10.1 Å². The molecule has 0 aliphatic carbocycles. The molecule has 1 atom stereocenters. The average molecular weight is 201 g/mol. The van der Waals surface area contributed by atoms with Crippen LogP contribution in [0.2, 0.25) is 0 Å². The minimum Gasteiger partial charge on any atom is -0.390 e. The van der Waals surface area contributed by atoms with Gasteiger partial charge >= 0.3 is 5.95 Å². The van der Waals surface area contributed by atoms with Gasteiger partial charge in [-0.3, -0.25) is 0 Å². The third kappa shape index (κ3) is 1.59.